The molecular formula is C29H31NO4. The zero-order chi connectivity index (χ0) is 23.1. The van der Waals surface area contributed by atoms with E-state index >= 15 is 0 Å². The normalized spacial score (nSPS) is 23.8. The second-order valence-corrected chi connectivity index (χ2v) is 10.0. The van der Waals surface area contributed by atoms with Crippen molar-refractivity contribution < 1.29 is 19.0 Å². The van der Waals surface area contributed by atoms with Gasteiger partial charge in [-0.3, -0.25) is 4.79 Å². The van der Waals surface area contributed by atoms with Crippen molar-refractivity contribution in [3.63, 3.8) is 0 Å². The van der Waals surface area contributed by atoms with Crippen LogP contribution in [0.15, 0.2) is 48.5 Å². The summed E-state index contributed by atoms with van der Waals surface area (Å²) >= 11 is 0. The third-order valence-corrected chi connectivity index (χ3v) is 7.41. The predicted molar refractivity (Wildman–Crippen MR) is 133 cm³/mol. The highest BCUT2D eigenvalue weighted by atomic mass is 16.6. The van der Waals surface area contributed by atoms with Gasteiger partial charge in [0, 0.05) is 23.6 Å². The zero-order valence-electron chi connectivity index (χ0n) is 19.6. The van der Waals surface area contributed by atoms with E-state index in [9.17, 15) is 4.79 Å². The molecule has 1 amide bonds. The lowest BCUT2D eigenvalue weighted by Gasteiger charge is -2.34. The number of rotatable bonds is 4. The Morgan fingerprint density at radius 3 is 2.94 bits per heavy atom. The minimum absolute atomic E-state index is 0.0575. The Morgan fingerprint density at radius 2 is 2.00 bits per heavy atom. The zero-order valence-corrected chi connectivity index (χ0v) is 19.6. The van der Waals surface area contributed by atoms with Crippen molar-refractivity contribution in [2.24, 2.45) is 5.92 Å². The lowest BCUT2D eigenvalue weighted by Crippen LogP contribution is -2.34. The van der Waals surface area contributed by atoms with E-state index in [0.29, 0.717) is 18.9 Å². The van der Waals surface area contributed by atoms with E-state index in [0.717, 1.165) is 60.4 Å². The van der Waals surface area contributed by atoms with Crippen LogP contribution in [-0.2, 0) is 11.2 Å². The van der Waals surface area contributed by atoms with Crippen molar-refractivity contribution >= 4 is 22.4 Å². The van der Waals surface area contributed by atoms with E-state index in [1.807, 2.05) is 18.2 Å². The fourth-order valence-electron chi connectivity index (χ4n) is 5.69. The SMILES string of the molecule is Cc1ccc2c3c(ccc2c1)OC[C@H](CC1CCC[C@H](Oc2ccc4c(c2)NC(=O)CC4)C1)O3. The summed E-state index contributed by atoms with van der Waals surface area (Å²) in [5.74, 6) is 3.20. The number of carbonyl (C=O) groups is 1. The van der Waals surface area contributed by atoms with Crippen LogP contribution in [0.3, 0.4) is 0 Å². The van der Waals surface area contributed by atoms with Gasteiger partial charge in [-0.2, -0.15) is 0 Å². The van der Waals surface area contributed by atoms with Gasteiger partial charge in [-0.25, -0.2) is 0 Å². The fraction of sp³-hybridized carbons (Fsp3) is 0.414. The molecule has 3 aromatic rings. The summed E-state index contributed by atoms with van der Waals surface area (Å²) < 4.78 is 19.0. The smallest absolute Gasteiger partial charge is 0.224 e. The molecule has 0 spiro atoms. The van der Waals surface area contributed by atoms with Crippen LogP contribution in [0.4, 0.5) is 5.69 Å². The summed E-state index contributed by atoms with van der Waals surface area (Å²) in [6.45, 7) is 2.71. The van der Waals surface area contributed by atoms with Crippen molar-refractivity contribution in [2.75, 3.05) is 11.9 Å². The van der Waals surface area contributed by atoms with E-state index in [1.165, 1.54) is 22.9 Å². The number of hydrogen-bond acceptors (Lipinski definition) is 4. The van der Waals surface area contributed by atoms with Crippen molar-refractivity contribution in [3.05, 3.63) is 59.7 Å². The topological polar surface area (TPSA) is 56.8 Å². The van der Waals surface area contributed by atoms with Crippen molar-refractivity contribution in [1.82, 2.24) is 0 Å². The highest BCUT2D eigenvalue weighted by Gasteiger charge is 2.30. The molecule has 5 heteroatoms. The first kappa shape index (κ1) is 21.3. The molecule has 1 saturated carbocycles. The van der Waals surface area contributed by atoms with Crippen LogP contribution in [0, 0.1) is 12.8 Å². The van der Waals surface area contributed by atoms with Gasteiger partial charge in [0.1, 0.15) is 18.5 Å². The molecule has 1 N–H and O–H groups in total. The Hall–Kier alpha value is -3.21. The van der Waals surface area contributed by atoms with E-state index in [2.05, 4.69) is 42.6 Å². The Kier molecular flexibility index (Phi) is 5.56. The van der Waals surface area contributed by atoms with E-state index < -0.39 is 0 Å². The molecule has 0 aromatic heterocycles. The highest BCUT2D eigenvalue weighted by molar-refractivity contribution is 5.94. The molecule has 5 nitrogen and oxygen atoms in total. The van der Waals surface area contributed by atoms with Gasteiger partial charge in [-0.1, -0.05) is 42.3 Å². The molecule has 0 radical (unpaired) electrons. The number of carbonyl (C=O) groups excluding carboxylic acids is 1. The average Bonchev–Trinajstić information content (AvgIpc) is 2.83. The van der Waals surface area contributed by atoms with Crippen molar-refractivity contribution in [1.29, 1.82) is 0 Å². The molecule has 1 aliphatic carbocycles. The lowest BCUT2D eigenvalue weighted by molar-refractivity contribution is -0.116. The van der Waals surface area contributed by atoms with Crippen LogP contribution < -0.4 is 19.5 Å². The Balaban J connectivity index is 1.11. The maximum Gasteiger partial charge on any atom is 0.224 e. The van der Waals surface area contributed by atoms with Gasteiger partial charge in [0.05, 0.1) is 6.10 Å². The summed E-state index contributed by atoms with van der Waals surface area (Å²) in [7, 11) is 0. The Morgan fingerprint density at radius 1 is 1.06 bits per heavy atom. The number of amides is 1. The first-order valence-corrected chi connectivity index (χ1v) is 12.5. The fourth-order valence-corrected chi connectivity index (χ4v) is 5.69. The maximum absolute atomic E-state index is 11.7. The van der Waals surface area contributed by atoms with Gasteiger partial charge in [-0.15, -0.1) is 0 Å². The first-order chi connectivity index (χ1) is 16.6. The second-order valence-electron chi connectivity index (χ2n) is 10.0. The number of ether oxygens (including phenoxy) is 3. The van der Waals surface area contributed by atoms with E-state index in [-0.39, 0.29) is 18.1 Å². The van der Waals surface area contributed by atoms with Crippen LogP contribution in [-0.4, -0.2) is 24.7 Å². The number of aryl methyl sites for hydroxylation is 2. The Labute approximate surface area is 200 Å². The minimum Gasteiger partial charge on any atom is -0.490 e. The lowest BCUT2D eigenvalue weighted by atomic mass is 9.83. The number of fused-ring (bicyclic) bond motifs is 4. The molecule has 3 aromatic carbocycles. The monoisotopic (exact) mass is 457 g/mol. The number of hydrogen-bond donors (Lipinski definition) is 1. The van der Waals surface area contributed by atoms with Gasteiger partial charge >= 0.3 is 0 Å². The molecule has 0 saturated heterocycles. The number of anilines is 1. The summed E-state index contributed by atoms with van der Waals surface area (Å²) in [6, 6.07) is 16.7. The molecule has 3 aliphatic rings. The average molecular weight is 458 g/mol. The number of nitrogens with one attached hydrogen (secondary N) is 1. The molecule has 3 atom stereocenters. The van der Waals surface area contributed by atoms with Crippen LogP contribution >= 0.6 is 0 Å². The second kappa shape index (κ2) is 8.86. The van der Waals surface area contributed by atoms with Gasteiger partial charge in [0.2, 0.25) is 5.91 Å². The summed E-state index contributed by atoms with van der Waals surface area (Å²) in [5, 5.41) is 5.29. The van der Waals surface area contributed by atoms with Crippen molar-refractivity contribution in [3.8, 4) is 17.2 Å². The van der Waals surface area contributed by atoms with Gasteiger partial charge in [0.15, 0.2) is 11.5 Å². The number of benzene rings is 3. The van der Waals surface area contributed by atoms with E-state index in [1.54, 1.807) is 0 Å². The van der Waals surface area contributed by atoms with E-state index in [4.69, 9.17) is 14.2 Å². The summed E-state index contributed by atoms with van der Waals surface area (Å²) in [5.41, 5.74) is 3.33. The summed E-state index contributed by atoms with van der Waals surface area (Å²) in [6.07, 6.45) is 7.02. The van der Waals surface area contributed by atoms with Crippen LogP contribution in [0.25, 0.3) is 10.8 Å². The molecule has 176 valence electrons. The third kappa shape index (κ3) is 4.31. The van der Waals surface area contributed by atoms with Crippen LogP contribution in [0.1, 0.15) is 49.7 Å². The molecule has 0 bridgehead atoms. The third-order valence-electron chi connectivity index (χ3n) is 7.41. The molecule has 34 heavy (non-hydrogen) atoms. The minimum atomic E-state index is 0.0575. The highest BCUT2D eigenvalue weighted by Crippen LogP contribution is 2.41. The van der Waals surface area contributed by atoms with Gasteiger partial charge in [-0.05, 0) is 68.0 Å². The first-order valence-electron chi connectivity index (χ1n) is 12.5. The maximum atomic E-state index is 11.7. The quantitative estimate of drug-likeness (QED) is 0.507. The molecular weight excluding hydrogens is 426 g/mol. The van der Waals surface area contributed by atoms with Crippen LogP contribution in [0.5, 0.6) is 17.2 Å². The summed E-state index contributed by atoms with van der Waals surface area (Å²) in [4.78, 5) is 11.7. The molecule has 1 fully saturated rings. The van der Waals surface area contributed by atoms with Gasteiger partial charge in [0.25, 0.3) is 0 Å². The molecule has 2 heterocycles. The molecule has 1 unspecified atom stereocenters. The van der Waals surface area contributed by atoms with Crippen LogP contribution in [0.2, 0.25) is 0 Å². The largest absolute Gasteiger partial charge is 0.490 e. The molecule has 2 aliphatic heterocycles. The Bertz CT molecular complexity index is 1240. The van der Waals surface area contributed by atoms with Gasteiger partial charge < -0.3 is 19.5 Å². The standard InChI is InChI=1S/C29H31NO4/c1-18-5-10-25-21(13-18)7-11-27-29(25)34-24(17-32-27)15-19-3-2-4-22(14-19)33-23-9-6-20-8-12-28(31)30-26(20)16-23/h5-7,9-11,13,16,19,22,24H,2-4,8,12,14-15,17H2,1H3,(H,30,31)/t19?,22-,24-/m0/s1. The predicted octanol–water partition coefficient (Wildman–Crippen LogP) is 6.20. The molecule has 6 rings (SSSR count). The van der Waals surface area contributed by atoms with Crippen molar-refractivity contribution in [2.45, 2.75) is 64.1 Å².